The Hall–Kier alpha value is 22.8. The molecule has 0 aromatic heterocycles. The molecule has 0 aliphatic heterocycles. The number of hydrogen-bond donors (Lipinski definition) is 0. The van der Waals surface area contributed by atoms with Gasteiger partial charge in [0.2, 0.25) is 0 Å². The van der Waals surface area contributed by atoms with E-state index in [9.17, 15) is 0 Å². The second kappa shape index (κ2) is 3510. The zero-order valence-corrected chi connectivity index (χ0v) is 112. The second-order valence-electron chi connectivity index (χ2n) is 0. The Kier molecular flexibility index (Phi) is 125000. The van der Waals surface area contributed by atoms with E-state index in [1.54, 1.807) is 0 Å². The van der Waals surface area contributed by atoms with Crippen molar-refractivity contribution < 1.29 is 304 Å². The van der Waals surface area contributed by atoms with Crippen LogP contribution >= 0.6 is 0 Å². The molecule has 101 heavy (non-hydrogen) atoms. The molecule has 0 saturated heterocycles. The third-order valence-corrected chi connectivity index (χ3v) is 0. The first-order chi connectivity index (χ1) is 0. The van der Waals surface area contributed by atoms with E-state index in [2.05, 4.69) is 0 Å². The van der Waals surface area contributed by atoms with Crippen LogP contribution in [0.2, 0.25) is 0 Å². The van der Waals surface area contributed by atoms with E-state index in [-0.39, 0.29) is 1200 Å². The van der Waals surface area contributed by atoms with Gasteiger partial charge in [0.15, 0.2) is 0 Å². The summed E-state index contributed by atoms with van der Waals surface area (Å²) in [6.45, 7) is 0. The van der Waals surface area contributed by atoms with Crippen LogP contribution in [0.25, 0.3) is 0 Å². The van der Waals surface area contributed by atoms with Crippen molar-refractivity contribution >= 4 is 412 Å². The number of hydrogen-bond acceptors (Lipinski definition) is 0. The van der Waals surface area contributed by atoms with Crippen LogP contribution in [0.1, 0.15) is 483 Å². The fraction of sp³-hybridized carbons (Fsp3) is 1.00. The molecule has 0 fully saturated rings. The molecule has 0 aliphatic carbocycles. The van der Waals surface area contributed by atoms with E-state index in [1.165, 1.54) is 0 Å². The molecular formula is C65H314As6Bi6Cu6Fe6Ni6Sb6. The van der Waals surface area contributed by atoms with Crippen molar-refractivity contribution in [3.8, 4) is 0 Å². The topological polar surface area (TPSA) is 0 Å². The predicted octanol–water partition coefficient (Wildman–Crippen LogP) is 20.0. The molecule has 0 rings (SSSR count). The van der Waals surface area contributed by atoms with Crippen LogP contribution in [0.5, 0.6) is 0 Å². The zero-order chi connectivity index (χ0) is 0. The average molecular weight is 4600 g/mol. The van der Waals surface area contributed by atoms with E-state index in [0.29, 0.717) is 0 Å². The first kappa shape index (κ1) is 3600. The Morgan fingerprint density at radius 3 is 0.0693 bits per heavy atom. The van der Waals surface area contributed by atoms with Gasteiger partial charge in [0.05, 0.1) is 0 Å². The molecule has 0 aromatic rings. The molecule has 0 aromatic carbocycles. The molecule has 6 atom stereocenters. The van der Waals surface area contributed by atoms with Crippen LogP contribution in [-0.4, -0.2) is 412 Å². The van der Waals surface area contributed by atoms with E-state index >= 15 is 0 Å². The standard InChI is InChI=1S/65CH4.6AsH3.6Bi.6Cu.6Fe.6Ni.6Sb.36H/h65*1H4;6*1H3;;;;;;;;;;;;;;;;;;;;;;;;;;;;;;;;;;;;;;;;;;;;;;;;;;;;;;;;;;;;;;;;;;. The zero-order valence-electron chi connectivity index (χ0n) is 18.6. The fourth-order valence-corrected chi connectivity index (χ4v) is 0. The molecule has 0 amide bonds. The van der Waals surface area contributed by atoms with Crippen molar-refractivity contribution in [2.45, 2.75) is 483 Å². The average Bonchev–Trinajstić information content (AvgIpc) is 0. The Balaban J connectivity index is 0. The predicted molar refractivity (Wildman–Crippen MR) is 616 cm³/mol. The summed E-state index contributed by atoms with van der Waals surface area (Å²) in [6.07, 6.45) is 0. The summed E-state index contributed by atoms with van der Waals surface area (Å²) in [4.78, 5) is 0. The van der Waals surface area contributed by atoms with Gasteiger partial charge in [-0.3, -0.25) is 0 Å². The Morgan fingerprint density at radius 2 is 0.0693 bits per heavy atom. The summed E-state index contributed by atoms with van der Waals surface area (Å²) in [6, 6.07) is 0. The van der Waals surface area contributed by atoms with Gasteiger partial charge in [-0.25, -0.2) is 0 Å². The Bertz CT molecular complexity index is 188. The molecule has 0 N–H and O–H groups in total. The van der Waals surface area contributed by atoms with Gasteiger partial charge in [-0.2, -0.15) is 0 Å². The second-order valence-corrected chi connectivity index (χ2v) is 0. The molecule has 6 unspecified atom stereocenters. The van der Waals surface area contributed by atoms with Gasteiger partial charge in [-0.05, 0) is 0 Å². The van der Waals surface area contributed by atoms with Crippen molar-refractivity contribution in [1.29, 1.82) is 0 Å². The summed E-state index contributed by atoms with van der Waals surface area (Å²) in [7, 11) is 0. The molecular weight excluding hydrogens is 4280 g/mol. The molecule has 0 heterocycles. The Morgan fingerprint density at radius 1 is 0.0693 bits per heavy atom. The van der Waals surface area contributed by atoms with Gasteiger partial charge >= 0.3 is 412 Å². The van der Waals surface area contributed by atoms with Crippen LogP contribution < -0.4 is 0 Å². The van der Waals surface area contributed by atoms with Gasteiger partial charge in [0.25, 0.3) is 0 Å². The maximum atomic E-state index is 0. The van der Waals surface area contributed by atoms with Crippen molar-refractivity contribution in [3.05, 3.63) is 0 Å². The molecule has 0 aliphatic rings. The summed E-state index contributed by atoms with van der Waals surface area (Å²) in [5.41, 5.74) is 0. The molecule has 0 saturated carbocycles. The summed E-state index contributed by atoms with van der Waals surface area (Å²) >= 11 is 0. The van der Waals surface area contributed by atoms with Gasteiger partial charge in [-0.15, -0.1) is 0 Å². The van der Waals surface area contributed by atoms with Crippen molar-refractivity contribution in [2.75, 3.05) is 0 Å². The third kappa shape index (κ3) is 3460. The SMILES string of the molecule is C.C.C.C.C.C.C.C.C.C.C.C.C.C.C.C.C.C.C.C.C.C.C.C.C.C.C.C.C.C.C.C.C.C.C.C.C.C.C.C.C.C.C.C.C.C.C.C.C.C.C.C.C.C.C.C.C.C.C.C.C.C.C.C.C.[AsH3].[AsH3].[AsH3].[AsH3].[AsH3].[AsH3].[BiH3].[BiH3].[BiH3].[BiH3].[BiH3].[BiH3].[Cu].[Cu].[Cu].[Cu].[Cu].[Cu].[Fe].[Fe].[Fe].[Fe].[Fe].[Fe].[Ni].[Ni].[Ni].[Ni].[Ni].[Ni].[SbH3].[SbH3].[SbH3].[SbH3].[SbH3].[SbH3]. The van der Waals surface area contributed by atoms with E-state index in [1.807, 2.05) is 0 Å². The molecule has 838 valence electrons. The number of rotatable bonds is 0. The maximum absolute atomic E-state index is 0. The van der Waals surface area contributed by atoms with E-state index in [0.717, 1.165) is 0 Å². The molecule has 0 nitrogen and oxygen atoms in total. The van der Waals surface area contributed by atoms with Gasteiger partial charge in [0.1, 0.15) is 0 Å². The monoisotopic (exact) mass is 4590 g/mol. The minimum atomic E-state index is 0. The fourth-order valence-electron chi connectivity index (χ4n) is 0. The van der Waals surface area contributed by atoms with Gasteiger partial charge < -0.3 is 0 Å². The van der Waals surface area contributed by atoms with E-state index in [4.69, 9.17) is 0 Å². The first-order valence-electron chi connectivity index (χ1n) is 0. The van der Waals surface area contributed by atoms with Gasteiger partial charge in [-0.1, -0.05) is 483 Å². The van der Waals surface area contributed by atoms with Crippen LogP contribution in [0.4, 0.5) is 0 Å². The normalized spacial score (nSPS) is 0. The van der Waals surface area contributed by atoms with Crippen molar-refractivity contribution in [1.82, 2.24) is 0 Å². The molecule has 36 heteroatoms. The van der Waals surface area contributed by atoms with Crippen LogP contribution in [0.3, 0.4) is 0 Å². The Labute approximate surface area is 1170 Å². The third-order valence-electron chi connectivity index (χ3n) is 0. The van der Waals surface area contributed by atoms with Gasteiger partial charge in [0, 0.05) is 304 Å². The quantitative estimate of drug-likeness (QED) is 0.212. The van der Waals surface area contributed by atoms with Crippen molar-refractivity contribution in [2.24, 2.45) is 0 Å². The summed E-state index contributed by atoms with van der Waals surface area (Å²) in [5.74, 6) is 0. The molecule has 0 bridgehead atoms. The van der Waals surface area contributed by atoms with Crippen molar-refractivity contribution in [3.63, 3.8) is 0 Å². The molecule has 6 radical (unpaired) electrons. The summed E-state index contributed by atoms with van der Waals surface area (Å²) in [5, 5.41) is 0. The molecule has 0 spiro atoms. The first-order valence-corrected chi connectivity index (χ1v) is 0. The minimum absolute atomic E-state index is 0. The van der Waals surface area contributed by atoms with Crippen LogP contribution in [0.15, 0.2) is 0 Å². The summed E-state index contributed by atoms with van der Waals surface area (Å²) < 4.78 is 0. The van der Waals surface area contributed by atoms with Crippen LogP contribution in [-0.2, 0) is 304 Å². The van der Waals surface area contributed by atoms with E-state index < -0.39 is 0 Å². The van der Waals surface area contributed by atoms with Crippen LogP contribution in [0, 0.1) is 0 Å².